The van der Waals surface area contributed by atoms with Crippen molar-refractivity contribution in [1.82, 2.24) is 4.90 Å². The average molecular weight is 276 g/mol. The van der Waals surface area contributed by atoms with Crippen LogP contribution in [0.15, 0.2) is 16.5 Å². The number of aryl methyl sites for hydroxylation is 1. The summed E-state index contributed by atoms with van der Waals surface area (Å²) in [5.74, 6) is 4.01. The van der Waals surface area contributed by atoms with E-state index in [4.69, 9.17) is 10.2 Å². The smallest absolute Gasteiger partial charge is 0.122 e. The summed E-state index contributed by atoms with van der Waals surface area (Å²) in [7, 11) is 0. The van der Waals surface area contributed by atoms with Crippen LogP contribution in [0.5, 0.6) is 0 Å². The Morgan fingerprint density at radius 3 is 2.75 bits per heavy atom. The van der Waals surface area contributed by atoms with E-state index in [1.807, 2.05) is 0 Å². The molecule has 1 aromatic rings. The van der Waals surface area contributed by atoms with Crippen molar-refractivity contribution in [2.24, 2.45) is 17.6 Å². The van der Waals surface area contributed by atoms with Gasteiger partial charge in [-0.1, -0.05) is 26.2 Å². The Labute approximate surface area is 122 Å². The van der Waals surface area contributed by atoms with Gasteiger partial charge in [0.2, 0.25) is 0 Å². The topological polar surface area (TPSA) is 42.4 Å². The van der Waals surface area contributed by atoms with Crippen LogP contribution in [-0.2, 0) is 6.42 Å². The fraction of sp³-hybridized carbons (Fsp3) is 0.765. The minimum absolute atomic E-state index is 0.276. The van der Waals surface area contributed by atoms with Gasteiger partial charge in [0, 0.05) is 19.5 Å². The Morgan fingerprint density at radius 1 is 1.25 bits per heavy atom. The average Bonchev–Trinajstić information content (AvgIpc) is 2.97. The minimum Gasteiger partial charge on any atom is -0.464 e. The number of likely N-dealkylation sites (tertiary alicyclic amines) is 1. The van der Waals surface area contributed by atoms with Crippen LogP contribution in [0.2, 0.25) is 0 Å². The van der Waals surface area contributed by atoms with Gasteiger partial charge in [-0.05, 0) is 43.4 Å². The number of rotatable bonds is 4. The van der Waals surface area contributed by atoms with Crippen molar-refractivity contribution in [3.63, 3.8) is 0 Å². The monoisotopic (exact) mass is 276 g/mol. The molecular weight excluding hydrogens is 248 g/mol. The van der Waals surface area contributed by atoms with Crippen LogP contribution < -0.4 is 5.73 Å². The van der Waals surface area contributed by atoms with E-state index in [0.29, 0.717) is 6.54 Å². The van der Waals surface area contributed by atoms with Crippen LogP contribution >= 0.6 is 0 Å². The van der Waals surface area contributed by atoms with Crippen LogP contribution in [0.3, 0.4) is 0 Å². The number of hydrogen-bond acceptors (Lipinski definition) is 3. The second kappa shape index (κ2) is 6.31. The van der Waals surface area contributed by atoms with Gasteiger partial charge in [-0.25, -0.2) is 0 Å². The van der Waals surface area contributed by atoms with Gasteiger partial charge in [0.25, 0.3) is 0 Å². The van der Waals surface area contributed by atoms with Gasteiger partial charge < -0.3 is 10.2 Å². The number of piperidine rings is 1. The number of hydrogen-bond donors (Lipinski definition) is 1. The lowest BCUT2D eigenvalue weighted by Gasteiger charge is -2.43. The third-order valence-electron chi connectivity index (χ3n) is 5.35. The first-order valence-corrected chi connectivity index (χ1v) is 8.34. The molecule has 2 heterocycles. The Hall–Kier alpha value is -0.800. The zero-order valence-corrected chi connectivity index (χ0v) is 12.7. The maximum absolute atomic E-state index is 6.05. The fourth-order valence-corrected chi connectivity index (χ4v) is 4.12. The molecule has 1 aromatic heterocycles. The van der Waals surface area contributed by atoms with E-state index >= 15 is 0 Å². The van der Waals surface area contributed by atoms with E-state index in [-0.39, 0.29) is 6.04 Å². The van der Waals surface area contributed by atoms with Gasteiger partial charge in [0.15, 0.2) is 0 Å². The summed E-state index contributed by atoms with van der Waals surface area (Å²) < 4.78 is 5.95. The number of nitrogens with zero attached hydrogens (tertiary/aromatic N) is 1. The van der Waals surface area contributed by atoms with Crippen molar-refractivity contribution in [3.05, 3.63) is 23.7 Å². The molecule has 3 unspecified atom stereocenters. The maximum atomic E-state index is 6.05. The van der Waals surface area contributed by atoms with Gasteiger partial charge in [0.1, 0.15) is 11.5 Å². The van der Waals surface area contributed by atoms with Gasteiger partial charge in [-0.3, -0.25) is 4.90 Å². The first kappa shape index (κ1) is 14.2. The lowest BCUT2D eigenvalue weighted by molar-refractivity contribution is 0.0516. The molecule has 112 valence electrons. The molecule has 3 rings (SSSR count). The van der Waals surface area contributed by atoms with Crippen LogP contribution in [0.4, 0.5) is 0 Å². The molecule has 3 heteroatoms. The summed E-state index contributed by atoms with van der Waals surface area (Å²) in [6, 6.07) is 4.51. The Balaban J connectivity index is 1.69. The van der Waals surface area contributed by atoms with E-state index < -0.39 is 0 Å². The summed E-state index contributed by atoms with van der Waals surface area (Å²) in [6.45, 7) is 5.20. The SMILES string of the molecule is CCc1ccc(C(CN)N2CCC3CCCCC3C2)o1. The van der Waals surface area contributed by atoms with Crippen LogP contribution in [0.25, 0.3) is 0 Å². The predicted molar refractivity (Wildman–Crippen MR) is 81.5 cm³/mol. The van der Waals surface area contributed by atoms with Crippen molar-refractivity contribution in [1.29, 1.82) is 0 Å². The number of fused-ring (bicyclic) bond motifs is 1. The molecule has 2 fully saturated rings. The molecule has 2 aliphatic rings. The third-order valence-corrected chi connectivity index (χ3v) is 5.35. The van der Waals surface area contributed by atoms with E-state index in [9.17, 15) is 0 Å². The largest absolute Gasteiger partial charge is 0.464 e. The van der Waals surface area contributed by atoms with E-state index in [2.05, 4.69) is 24.0 Å². The lowest BCUT2D eigenvalue weighted by atomic mass is 9.75. The van der Waals surface area contributed by atoms with Gasteiger partial charge in [0.05, 0.1) is 6.04 Å². The Kier molecular flexibility index (Phi) is 4.47. The molecule has 0 amide bonds. The normalized spacial score (nSPS) is 29.1. The molecule has 0 aromatic carbocycles. The molecule has 1 saturated heterocycles. The maximum Gasteiger partial charge on any atom is 0.122 e. The zero-order chi connectivity index (χ0) is 13.9. The van der Waals surface area contributed by atoms with Crippen molar-refractivity contribution in [3.8, 4) is 0 Å². The molecule has 1 aliphatic carbocycles. The summed E-state index contributed by atoms with van der Waals surface area (Å²) in [4.78, 5) is 2.57. The molecule has 1 aliphatic heterocycles. The first-order valence-electron chi connectivity index (χ1n) is 8.34. The van der Waals surface area contributed by atoms with Crippen molar-refractivity contribution >= 4 is 0 Å². The third kappa shape index (κ3) is 2.79. The molecule has 20 heavy (non-hydrogen) atoms. The Morgan fingerprint density at radius 2 is 2.05 bits per heavy atom. The van der Waals surface area contributed by atoms with Crippen LogP contribution in [0, 0.1) is 11.8 Å². The molecular formula is C17H28N2O. The van der Waals surface area contributed by atoms with Crippen LogP contribution in [-0.4, -0.2) is 24.5 Å². The lowest BCUT2D eigenvalue weighted by Crippen LogP contribution is -2.45. The van der Waals surface area contributed by atoms with Crippen molar-refractivity contribution in [2.75, 3.05) is 19.6 Å². The standard InChI is InChI=1S/C17H28N2O/c1-2-15-7-8-17(20-15)16(11-18)19-10-9-13-5-3-4-6-14(13)12-19/h7-8,13-14,16H,2-6,9-12,18H2,1H3. The molecule has 3 nitrogen and oxygen atoms in total. The number of nitrogens with two attached hydrogens (primary N) is 1. The van der Waals surface area contributed by atoms with Crippen molar-refractivity contribution < 1.29 is 4.42 Å². The quantitative estimate of drug-likeness (QED) is 0.917. The Bertz CT molecular complexity index is 428. The molecule has 1 saturated carbocycles. The minimum atomic E-state index is 0.276. The molecule has 3 atom stereocenters. The van der Waals surface area contributed by atoms with E-state index in [0.717, 1.165) is 29.8 Å². The van der Waals surface area contributed by atoms with Crippen molar-refractivity contribution in [2.45, 2.75) is 51.5 Å². The molecule has 0 bridgehead atoms. The summed E-state index contributed by atoms with van der Waals surface area (Å²) in [6.07, 6.45) is 8.04. The van der Waals surface area contributed by atoms with Gasteiger partial charge in [-0.15, -0.1) is 0 Å². The van der Waals surface area contributed by atoms with E-state index in [1.165, 1.54) is 45.2 Å². The first-order chi connectivity index (χ1) is 9.81. The molecule has 2 N–H and O–H groups in total. The number of furan rings is 1. The van der Waals surface area contributed by atoms with Gasteiger partial charge in [-0.2, -0.15) is 0 Å². The predicted octanol–water partition coefficient (Wildman–Crippen LogP) is 3.35. The fourth-order valence-electron chi connectivity index (χ4n) is 4.12. The van der Waals surface area contributed by atoms with E-state index in [1.54, 1.807) is 0 Å². The highest BCUT2D eigenvalue weighted by molar-refractivity contribution is 5.12. The highest BCUT2D eigenvalue weighted by atomic mass is 16.3. The second-order valence-corrected chi connectivity index (χ2v) is 6.50. The summed E-state index contributed by atoms with van der Waals surface area (Å²) in [5, 5.41) is 0. The summed E-state index contributed by atoms with van der Waals surface area (Å²) in [5.41, 5.74) is 6.05. The van der Waals surface area contributed by atoms with Gasteiger partial charge >= 0.3 is 0 Å². The highest BCUT2D eigenvalue weighted by Gasteiger charge is 2.34. The zero-order valence-electron chi connectivity index (χ0n) is 12.7. The molecule has 0 radical (unpaired) electrons. The summed E-state index contributed by atoms with van der Waals surface area (Å²) >= 11 is 0. The van der Waals surface area contributed by atoms with Crippen LogP contribution in [0.1, 0.15) is 56.6 Å². The second-order valence-electron chi connectivity index (χ2n) is 6.50. The highest BCUT2D eigenvalue weighted by Crippen LogP contribution is 2.38. The molecule has 0 spiro atoms.